The standard InChI is InChI=1S/C15H13Cl2NO2/c16-13-3-1-2-10(7-13)6-12(15(19)20)8-11-4-5-18-9-14(11)17/h1-5,7,9,12H,6,8H2,(H,19,20). The van der Waals surface area contributed by atoms with Crippen molar-refractivity contribution in [1.82, 2.24) is 4.98 Å². The normalized spacial score (nSPS) is 12.1. The van der Waals surface area contributed by atoms with Gasteiger partial charge in [0.05, 0.1) is 10.9 Å². The molecule has 3 nitrogen and oxygen atoms in total. The largest absolute Gasteiger partial charge is 0.481 e. The molecule has 0 aliphatic carbocycles. The van der Waals surface area contributed by atoms with Crippen molar-refractivity contribution in [3.8, 4) is 0 Å². The van der Waals surface area contributed by atoms with Crippen molar-refractivity contribution in [2.24, 2.45) is 5.92 Å². The topological polar surface area (TPSA) is 50.2 Å². The zero-order valence-electron chi connectivity index (χ0n) is 10.6. The minimum atomic E-state index is -0.849. The monoisotopic (exact) mass is 309 g/mol. The predicted molar refractivity (Wildman–Crippen MR) is 79.2 cm³/mol. The first-order valence-electron chi connectivity index (χ1n) is 6.12. The molecule has 0 aliphatic heterocycles. The average molecular weight is 310 g/mol. The summed E-state index contributed by atoms with van der Waals surface area (Å²) >= 11 is 11.9. The van der Waals surface area contributed by atoms with Crippen LogP contribution in [0.3, 0.4) is 0 Å². The van der Waals surface area contributed by atoms with Crippen LogP contribution in [0.15, 0.2) is 42.7 Å². The molecule has 0 radical (unpaired) electrons. The fourth-order valence-corrected chi connectivity index (χ4v) is 2.44. The summed E-state index contributed by atoms with van der Waals surface area (Å²) in [6.07, 6.45) is 3.91. The molecular weight excluding hydrogens is 297 g/mol. The Morgan fingerprint density at radius 3 is 2.70 bits per heavy atom. The third-order valence-electron chi connectivity index (χ3n) is 3.04. The van der Waals surface area contributed by atoms with E-state index in [0.29, 0.717) is 22.9 Å². The SMILES string of the molecule is O=C(O)C(Cc1cccc(Cl)c1)Cc1ccncc1Cl. The molecule has 1 heterocycles. The van der Waals surface area contributed by atoms with Crippen molar-refractivity contribution >= 4 is 29.2 Å². The van der Waals surface area contributed by atoms with E-state index >= 15 is 0 Å². The molecular formula is C15H13Cl2NO2. The lowest BCUT2D eigenvalue weighted by Crippen LogP contribution is -2.19. The van der Waals surface area contributed by atoms with Crippen molar-refractivity contribution in [3.05, 3.63) is 63.9 Å². The van der Waals surface area contributed by atoms with Gasteiger partial charge >= 0.3 is 5.97 Å². The first-order chi connectivity index (χ1) is 9.56. The highest BCUT2D eigenvalue weighted by Gasteiger charge is 2.20. The van der Waals surface area contributed by atoms with Crippen LogP contribution in [0.2, 0.25) is 10.0 Å². The molecule has 1 aromatic heterocycles. The van der Waals surface area contributed by atoms with Crippen LogP contribution in [0.4, 0.5) is 0 Å². The van der Waals surface area contributed by atoms with E-state index in [0.717, 1.165) is 11.1 Å². The van der Waals surface area contributed by atoms with Crippen LogP contribution in [-0.2, 0) is 17.6 Å². The molecule has 20 heavy (non-hydrogen) atoms. The van der Waals surface area contributed by atoms with Gasteiger partial charge in [0.1, 0.15) is 0 Å². The molecule has 0 fully saturated rings. The van der Waals surface area contributed by atoms with Crippen LogP contribution in [0.5, 0.6) is 0 Å². The second kappa shape index (κ2) is 6.73. The molecule has 2 aromatic rings. The number of nitrogens with zero attached hydrogens (tertiary/aromatic N) is 1. The number of carbonyl (C=O) groups is 1. The first-order valence-corrected chi connectivity index (χ1v) is 6.87. The van der Waals surface area contributed by atoms with E-state index in [1.165, 1.54) is 6.20 Å². The maximum Gasteiger partial charge on any atom is 0.307 e. The lowest BCUT2D eigenvalue weighted by atomic mass is 9.93. The number of hydrogen-bond donors (Lipinski definition) is 1. The molecule has 1 unspecified atom stereocenters. The van der Waals surface area contributed by atoms with E-state index in [1.54, 1.807) is 24.4 Å². The minimum absolute atomic E-state index is 0.364. The van der Waals surface area contributed by atoms with Gasteiger partial charge in [-0.05, 0) is 42.2 Å². The van der Waals surface area contributed by atoms with Crippen LogP contribution < -0.4 is 0 Å². The second-order valence-electron chi connectivity index (χ2n) is 4.54. The number of benzene rings is 1. The highest BCUT2D eigenvalue weighted by molar-refractivity contribution is 6.31. The van der Waals surface area contributed by atoms with Gasteiger partial charge in [-0.2, -0.15) is 0 Å². The number of carboxylic acids is 1. The van der Waals surface area contributed by atoms with E-state index in [2.05, 4.69) is 4.98 Å². The Morgan fingerprint density at radius 1 is 1.25 bits per heavy atom. The fraction of sp³-hybridized carbons (Fsp3) is 0.200. The number of rotatable bonds is 5. The molecule has 0 spiro atoms. The van der Waals surface area contributed by atoms with Crippen LogP contribution >= 0.6 is 23.2 Å². The van der Waals surface area contributed by atoms with E-state index in [-0.39, 0.29) is 0 Å². The van der Waals surface area contributed by atoms with Crippen molar-refractivity contribution in [3.63, 3.8) is 0 Å². The Labute approximate surface area is 127 Å². The van der Waals surface area contributed by atoms with Gasteiger partial charge in [-0.3, -0.25) is 9.78 Å². The summed E-state index contributed by atoms with van der Waals surface area (Å²) in [5.41, 5.74) is 1.69. The Balaban J connectivity index is 2.16. The molecule has 2 rings (SSSR count). The van der Waals surface area contributed by atoms with Gasteiger partial charge in [-0.15, -0.1) is 0 Å². The number of pyridine rings is 1. The fourth-order valence-electron chi connectivity index (χ4n) is 2.03. The third-order valence-corrected chi connectivity index (χ3v) is 3.62. The maximum absolute atomic E-state index is 11.4. The summed E-state index contributed by atoms with van der Waals surface area (Å²) in [6.45, 7) is 0. The maximum atomic E-state index is 11.4. The van der Waals surface area contributed by atoms with E-state index < -0.39 is 11.9 Å². The molecule has 1 atom stereocenters. The van der Waals surface area contributed by atoms with Crippen molar-refractivity contribution in [2.45, 2.75) is 12.8 Å². The van der Waals surface area contributed by atoms with E-state index in [4.69, 9.17) is 23.2 Å². The minimum Gasteiger partial charge on any atom is -0.481 e. The predicted octanol–water partition coefficient (Wildman–Crippen LogP) is 3.87. The van der Waals surface area contributed by atoms with Gasteiger partial charge in [-0.1, -0.05) is 35.3 Å². The Kier molecular flexibility index (Phi) is 4.99. The summed E-state index contributed by atoms with van der Waals surface area (Å²) in [4.78, 5) is 15.3. The average Bonchev–Trinajstić information content (AvgIpc) is 2.40. The molecule has 0 amide bonds. The van der Waals surface area contributed by atoms with E-state index in [1.807, 2.05) is 12.1 Å². The number of carboxylic acid groups (broad SMARTS) is 1. The summed E-state index contributed by atoms with van der Waals surface area (Å²) in [5.74, 6) is -1.40. The quantitative estimate of drug-likeness (QED) is 0.912. The third kappa shape index (κ3) is 3.95. The van der Waals surface area contributed by atoms with E-state index in [9.17, 15) is 9.90 Å². The van der Waals surface area contributed by atoms with Gasteiger partial charge < -0.3 is 5.11 Å². The molecule has 0 saturated heterocycles. The lowest BCUT2D eigenvalue weighted by Gasteiger charge is -2.13. The molecule has 0 aliphatic rings. The van der Waals surface area contributed by atoms with Crippen LogP contribution in [0.25, 0.3) is 0 Å². The van der Waals surface area contributed by atoms with Gasteiger partial charge in [0, 0.05) is 17.4 Å². The van der Waals surface area contributed by atoms with Crippen molar-refractivity contribution < 1.29 is 9.90 Å². The molecule has 104 valence electrons. The summed E-state index contributed by atoms with van der Waals surface area (Å²) in [6, 6.07) is 8.98. The molecule has 1 N–H and O–H groups in total. The number of aromatic nitrogens is 1. The summed E-state index contributed by atoms with van der Waals surface area (Å²) in [7, 11) is 0. The zero-order valence-corrected chi connectivity index (χ0v) is 12.1. The van der Waals surface area contributed by atoms with Gasteiger partial charge in [0.2, 0.25) is 0 Å². The molecule has 5 heteroatoms. The second-order valence-corrected chi connectivity index (χ2v) is 5.38. The van der Waals surface area contributed by atoms with Crippen LogP contribution in [0.1, 0.15) is 11.1 Å². The zero-order chi connectivity index (χ0) is 14.5. The summed E-state index contributed by atoms with van der Waals surface area (Å²) < 4.78 is 0. The number of aliphatic carboxylic acids is 1. The number of hydrogen-bond acceptors (Lipinski definition) is 2. The highest BCUT2D eigenvalue weighted by atomic mass is 35.5. The van der Waals surface area contributed by atoms with Gasteiger partial charge in [0.15, 0.2) is 0 Å². The Morgan fingerprint density at radius 2 is 2.05 bits per heavy atom. The van der Waals surface area contributed by atoms with Crippen molar-refractivity contribution in [2.75, 3.05) is 0 Å². The first kappa shape index (κ1) is 14.8. The molecule has 1 aromatic carbocycles. The lowest BCUT2D eigenvalue weighted by molar-refractivity contribution is -0.141. The molecule has 0 saturated carbocycles. The Bertz CT molecular complexity index is 616. The van der Waals surface area contributed by atoms with Crippen LogP contribution in [-0.4, -0.2) is 16.1 Å². The smallest absolute Gasteiger partial charge is 0.307 e. The number of halogens is 2. The summed E-state index contributed by atoms with van der Waals surface area (Å²) in [5, 5.41) is 10.5. The van der Waals surface area contributed by atoms with Crippen molar-refractivity contribution in [1.29, 1.82) is 0 Å². The van der Waals surface area contributed by atoms with Crippen LogP contribution in [0, 0.1) is 5.92 Å². The molecule has 0 bridgehead atoms. The Hall–Kier alpha value is -1.58. The van der Waals surface area contributed by atoms with Gasteiger partial charge in [0.25, 0.3) is 0 Å². The highest BCUT2D eigenvalue weighted by Crippen LogP contribution is 2.21. The van der Waals surface area contributed by atoms with Gasteiger partial charge in [-0.25, -0.2) is 0 Å².